The Kier molecular flexibility index (Phi) is 2.98. The van der Waals surface area contributed by atoms with E-state index >= 15 is 0 Å². The molecule has 0 atom stereocenters. The third-order valence-electron chi connectivity index (χ3n) is 2.54. The molecule has 0 aliphatic rings. The zero-order chi connectivity index (χ0) is 12.6. The Morgan fingerprint density at radius 3 is 2.53 bits per heavy atom. The Labute approximate surface area is 104 Å². The highest BCUT2D eigenvalue weighted by molar-refractivity contribution is 6.35. The number of hydrogen-bond donors (Lipinski definition) is 0. The number of carbonyl (C=O) groups excluding carboxylic acids is 1. The largest absolute Gasteiger partial charge is 0.287 e. The van der Waals surface area contributed by atoms with E-state index in [-0.39, 0.29) is 5.78 Å². The molecule has 2 heterocycles. The monoisotopic (exact) mass is 249 g/mol. The Morgan fingerprint density at radius 1 is 1.35 bits per heavy atom. The highest BCUT2D eigenvalue weighted by atomic mass is 35.5. The van der Waals surface area contributed by atoms with Crippen LogP contribution in [-0.2, 0) is 7.05 Å². The van der Waals surface area contributed by atoms with E-state index in [1.807, 2.05) is 6.92 Å². The van der Waals surface area contributed by atoms with Crippen LogP contribution in [0.15, 0.2) is 18.3 Å². The molecule has 4 nitrogen and oxygen atoms in total. The van der Waals surface area contributed by atoms with E-state index in [1.165, 1.54) is 4.68 Å². The number of ketones is 1. The lowest BCUT2D eigenvalue weighted by atomic mass is 10.1. The maximum absolute atomic E-state index is 12.2. The average Bonchev–Trinajstić information content (AvgIpc) is 2.53. The fourth-order valence-corrected chi connectivity index (χ4v) is 1.86. The molecular weight excluding hydrogens is 238 g/mol. The molecule has 0 N–H and O–H groups in total. The molecule has 0 aromatic carbocycles. The van der Waals surface area contributed by atoms with Crippen LogP contribution in [0.1, 0.15) is 27.4 Å². The lowest BCUT2D eigenvalue weighted by Crippen LogP contribution is -2.09. The van der Waals surface area contributed by atoms with Crippen molar-refractivity contribution in [2.45, 2.75) is 13.8 Å². The topological polar surface area (TPSA) is 47.8 Å². The van der Waals surface area contributed by atoms with E-state index in [2.05, 4.69) is 10.1 Å². The zero-order valence-electron chi connectivity index (χ0n) is 9.86. The van der Waals surface area contributed by atoms with Crippen molar-refractivity contribution in [1.82, 2.24) is 14.8 Å². The standard InChI is InChI=1S/C12H12ClN3O/c1-7-4-5-9(6-14-7)12(17)11-10(13)8(2)15-16(11)3/h4-6H,1-3H3. The van der Waals surface area contributed by atoms with Crippen molar-refractivity contribution < 1.29 is 4.79 Å². The first-order chi connectivity index (χ1) is 8.00. The number of carbonyl (C=O) groups is 1. The van der Waals surface area contributed by atoms with E-state index in [0.717, 1.165) is 5.69 Å². The number of aromatic nitrogens is 3. The molecule has 0 unspecified atom stereocenters. The number of hydrogen-bond acceptors (Lipinski definition) is 3. The van der Waals surface area contributed by atoms with Crippen LogP contribution < -0.4 is 0 Å². The molecule has 2 aromatic heterocycles. The summed E-state index contributed by atoms with van der Waals surface area (Å²) < 4.78 is 1.50. The summed E-state index contributed by atoms with van der Waals surface area (Å²) in [5, 5.41) is 4.52. The lowest BCUT2D eigenvalue weighted by Gasteiger charge is -2.02. The van der Waals surface area contributed by atoms with Gasteiger partial charge in [-0.3, -0.25) is 14.5 Å². The van der Waals surface area contributed by atoms with Crippen LogP contribution in [0.25, 0.3) is 0 Å². The highest BCUT2D eigenvalue weighted by Gasteiger charge is 2.20. The van der Waals surface area contributed by atoms with E-state index in [0.29, 0.717) is 22.0 Å². The summed E-state index contributed by atoms with van der Waals surface area (Å²) in [5.74, 6) is -0.161. The number of rotatable bonds is 2. The molecule has 0 saturated carbocycles. The summed E-state index contributed by atoms with van der Waals surface area (Å²) in [7, 11) is 1.70. The Morgan fingerprint density at radius 2 is 2.06 bits per heavy atom. The zero-order valence-corrected chi connectivity index (χ0v) is 10.6. The van der Waals surface area contributed by atoms with E-state index in [1.54, 1.807) is 32.3 Å². The fraction of sp³-hybridized carbons (Fsp3) is 0.250. The number of nitrogens with zero attached hydrogens (tertiary/aromatic N) is 3. The maximum Gasteiger partial charge on any atom is 0.214 e. The minimum absolute atomic E-state index is 0.161. The quantitative estimate of drug-likeness (QED) is 0.768. The van der Waals surface area contributed by atoms with Crippen molar-refractivity contribution in [2.75, 3.05) is 0 Å². The van der Waals surface area contributed by atoms with Gasteiger partial charge < -0.3 is 0 Å². The molecule has 2 aromatic rings. The summed E-state index contributed by atoms with van der Waals surface area (Å²) in [6, 6.07) is 3.54. The second-order valence-electron chi connectivity index (χ2n) is 3.89. The van der Waals surface area contributed by atoms with Gasteiger partial charge in [0.2, 0.25) is 5.78 Å². The van der Waals surface area contributed by atoms with E-state index in [4.69, 9.17) is 11.6 Å². The first-order valence-electron chi connectivity index (χ1n) is 5.17. The second kappa shape index (κ2) is 4.30. The lowest BCUT2D eigenvalue weighted by molar-refractivity contribution is 0.103. The van der Waals surface area contributed by atoms with Gasteiger partial charge in [0, 0.05) is 24.5 Å². The Hall–Kier alpha value is -1.68. The smallest absolute Gasteiger partial charge is 0.214 e. The molecular formula is C12H12ClN3O. The van der Waals surface area contributed by atoms with E-state index < -0.39 is 0 Å². The SMILES string of the molecule is Cc1ccc(C(=O)c2c(Cl)c(C)nn2C)cn1. The normalized spacial score (nSPS) is 10.6. The van der Waals surface area contributed by atoms with Crippen molar-refractivity contribution in [3.8, 4) is 0 Å². The third-order valence-corrected chi connectivity index (χ3v) is 2.99. The van der Waals surface area contributed by atoms with Gasteiger partial charge in [-0.1, -0.05) is 11.6 Å². The summed E-state index contributed by atoms with van der Waals surface area (Å²) in [6.45, 7) is 3.64. The van der Waals surface area contributed by atoms with Gasteiger partial charge in [0.1, 0.15) is 5.69 Å². The van der Waals surface area contributed by atoms with Crippen molar-refractivity contribution in [2.24, 2.45) is 7.05 Å². The van der Waals surface area contributed by atoms with Crippen LogP contribution in [0, 0.1) is 13.8 Å². The van der Waals surface area contributed by atoms with Gasteiger partial charge >= 0.3 is 0 Å². The number of aryl methyl sites for hydroxylation is 3. The van der Waals surface area contributed by atoms with E-state index in [9.17, 15) is 4.79 Å². The van der Waals surface area contributed by atoms with Gasteiger partial charge in [0.15, 0.2) is 0 Å². The highest BCUT2D eigenvalue weighted by Crippen LogP contribution is 2.22. The van der Waals surface area contributed by atoms with Gasteiger partial charge in [-0.25, -0.2) is 0 Å². The Bertz CT molecular complexity index is 572. The molecule has 0 aliphatic heterocycles. The second-order valence-corrected chi connectivity index (χ2v) is 4.27. The average molecular weight is 250 g/mol. The summed E-state index contributed by atoms with van der Waals surface area (Å²) >= 11 is 6.07. The molecule has 2 rings (SSSR count). The number of pyridine rings is 1. The number of halogens is 1. The molecule has 0 bridgehead atoms. The molecule has 0 aliphatic carbocycles. The molecule has 88 valence electrons. The molecule has 0 amide bonds. The first kappa shape index (κ1) is 11.8. The minimum Gasteiger partial charge on any atom is -0.287 e. The van der Waals surface area contributed by atoms with Crippen LogP contribution in [0.3, 0.4) is 0 Å². The predicted octanol–water partition coefficient (Wildman–Crippen LogP) is 2.32. The van der Waals surface area contributed by atoms with Gasteiger partial charge in [-0.05, 0) is 26.0 Å². The van der Waals surface area contributed by atoms with Crippen LogP contribution in [0.4, 0.5) is 0 Å². The summed E-state index contributed by atoms with van der Waals surface area (Å²) in [6.07, 6.45) is 1.55. The van der Waals surface area contributed by atoms with Crippen molar-refractivity contribution in [1.29, 1.82) is 0 Å². The fourth-order valence-electron chi connectivity index (χ4n) is 1.62. The van der Waals surface area contributed by atoms with Gasteiger partial charge in [-0.2, -0.15) is 5.10 Å². The summed E-state index contributed by atoms with van der Waals surface area (Å²) in [4.78, 5) is 16.3. The molecule has 0 saturated heterocycles. The van der Waals surface area contributed by atoms with Gasteiger partial charge in [0.05, 0.1) is 10.7 Å². The Balaban J connectivity index is 2.47. The van der Waals surface area contributed by atoms with Crippen LogP contribution in [0.5, 0.6) is 0 Å². The molecule has 17 heavy (non-hydrogen) atoms. The van der Waals surface area contributed by atoms with Crippen molar-refractivity contribution in [3.63, 3.8) is 0 Å². The van der Waals surface area contributed by atoms with Crippen molar-refractivity contribution in [3.05, 3.63) is 46.0 Å². The predicted molar refractivity (Wildman–Crippen MR) is 65.4 cm³/mol. The third kappa shape index (κ3) is 2.08. The summed E-state index contributed by atoms with van der Waals surface area (Å²) in [5.41, 5.74) is 2.43. The molecule has 5 heteroatoms. The van der Waals surface area contributed by atoms with Gasteiger partial charge in [-0.15, -0.1) is 0 Å². The first-order valence-corrected chi connectivity index (χ1v) is 5.55. The van der Waals surface area contributed by atoms with Gasteiger partial charge in [0.25, 0.3) is 0 Å². The van der Waals surface area contributed by atoms with Crippen LogP contribution >= 0.6 is 11.6 Å². The minimum atomic E-state index is -0.161. The molecule has 0 fully saturated rings. The maximum atomic E-state index is 12.2. The molecule has 0 spiro atoms. The molecule has 0 radical (unpaired) electrons. The van der Waals surface area contributed by atoms with Crippen LogP contribution in [0.2, 0.25) is 5.02 Å². The van der Waals surface area contributed by atoms with Crippen LogP contribution in [-0.4, -0.2) is 20.5 Å². The van der Waals surface area contributed by atoms with Crippen molar-refractivity contribution >= 4 is 17.4 Å².